The Morgan fingerprint density at radius 1 is 0.450 bits per heavy atom. The van der Waals surface area contributed by atoms with E-state index in [0.717, 1.165) is 99.8 Å². The van der Waals surface area contributed by atoms with Crippen LogP contribution >= 0.6 is 0 Å². The molecule has 0 aliphatic rings. The third-order valence-corrected chi connectivity index (χ3v) is 11.1. The van der Waals surface area contributed by atoms with E-state index in [0.29, 0.717) is 0 Å². The van der Waals surface area contributed by atoms with Crippen LogP contribution < -0.4 is 0 Å². The van der Waals surface area contributed by atoms with Gasteiger partial charge in [-0.3, -0.25) is 0 Å². The molecular formula is C55H38IrN2O2-2. The van der Waals surface area contributed by atoms with Gasteiger partial charge in [0.05, 0.1) is 0 Å². The van der Waals surface area contributed by atoms with E-state index in [1.165, 1.54) is 16.7 Å². The van der Waals surface area contributed by atoms with Crippen molar-refractivity contribution in [2.24, 2.45) is 0 Å². The van der Waals surface area contributed by atoms with Gasteiger partial charge in [0.15, 0.2) is 0 Å². The smallest absolute Gasteiger partial charge is 0.139 e. The van der Waals surface area contributed by atoms with Gasteiger partial charge in [0.1, 0.15) is 22.3 Å². The van der Waals surface area contributed by atoms with Gasteiger partial charge in [0, 0.05) is 65.7 Å². The molecule has 4 heterocycles. The molecule has 60 heavy (non-hydrogen) atoms. The van der Waals surface area contributed by atoms with Crippen LogP contribution in [0.25, 0.3) is 99.8 Å². The summed E-state index contributed by atoms with van der Waals surface area (Å²) in [4.78, 5) is 9.12. The zero-order chi connectivity index (χ0) is 39.9. The van der Waals surface area contributed by atoms with Crippen LogP contribution in [0, 0.1) is 32.9 Å². The van der Waals surface area contributed by atoms with E-state index in [9.17, 15) is 0 Å². The van der Waals surface area contributed by atoms with Gasteiger partial charge >= 0.3 is 0 Å². The average molecular weight is 951 g/mol. The Hall–Kier alpha value is -6.91. The summed E-state index contributed by atoms with van der Waals surface area (Å²) in [5, 5.41) is 4.26. The van der Waals surface area contributed by atoms with Gasteiger partial charge in [0.2, 0.25) is 0 Å². The Labute approximate surface area is 362 Å². The SMILES string of the molecule is Cc1c[c-]c(-c2cc(C)c(C)cn2)cc1.[Ir].[c-]1ccccc1-c1cc(-c2c3c(cc4oc5cc(-c6ccccc6)ccc5c24)oc2cc(-c4ccccc4)ccc23)ccn1. The summed E-state index contributed by atoms with van der Waals surface area (Å²) in [5.41, 5.74) is 17.5. The molecule has 1 radical (unpaired) electrons. The summed E-state index contributed by atoms with van der Waals surface area (Å²) in [5.74, 6) is 0. The van der Waals surface area contributed by atoms with E-state index in [1.807, 2.05) is 60.9 Å². The molecule has 0 atom stereocenters. The summed E-state index contributed by atoms with van der Waals surface area (Å²) in [7, 11) is 0. The largest absolute Gasteiger partial charge is 0.456 e. The van der Waals surface area contributed by atoms with Crippen LogP contribution in [0.5, 0.6) is 0 Å². The first-order valence-electron chi connectivity index (χ1n) is 19.8. The zero-order valence-corrected chi connectivity index (χ0v) is 35.7. The van der Waals surface area contributed by atoms with E-state index in [2.05, 4.69) is 153 Å². The van der Waals surface area contributed by atoms with Gasteiger partial charge in [-0.1, -0.05) is 97.4 Å². The van der Waals surface area contributed by atoms with Gasteiger partial charge < -0.3 is 18.8 Å². The molecule has 7 aromatic carbocycles. The Bertz CT molecular complexity index is 3150. The van der Waals surface area contributed by atoms with Gasteiger partial charge in [-0.15, -0.1) is 71.3 Å². The van der Waals surface area contributed by atoms with Crippen molar-refractivity contribution >= 4 is 43.9 Å². The minimum Gasteiger partial charge on any atom is -0.456 e. The monoisotopic (exact) mass is 951 g/mol. The van der Waals surface area contributed by atoms with Gasteiger partial charge in [-0.2, -0.15) is 0 Å². The molecule has 0 saturated heterocycles. The second-order valence-electron chi connectivity index (χ2n) is 15.0. The van der Waals surface area contributed by atoms with Crippen LogP contribution in [-0.2, 0) is 20.1 Å². The topological polar surface area (TPSA) is 52.1 Å². The summed E-state index contributed by atoms with van der Waals surface area (Å²) in [6.45, 7) is 6.24. The first-order chi connectivity index (χ1) is 29.0. The fourth-order valence-corrected chi connectivity index (χ4v) is 7.82. The van der Waals surface area contributed by atoms with Crippen molar-refractivity contribution in [3.8, 4) is 55.9 Å². The quantitative estimate of drug-likeness (QED) is 0.161. The molecule has 4 nitrogen and oxygen atoms in total. The standard InChI is InChI=1S/C41H24NO2.C14H14N.Ir/c1-4-10-26(11-5-1)29-16-18-32-35(23-29)43-37-25-38-41(33-19-17-30(24-36(33)44-38)27-12-6-2-7-13-27)39(40(32)37)31-20-21-42-34(22-31)28-14-8-3-9-15-28;1-10-4-6-13(7-5-10)14-8-11(2)12(3)9-15-14;/h1-14,16-25H;4-6,8-9H,1-3H3;/q2*-1;. The number of nitrogens with zero attached hydrogens (tertiary/aromatic N) is 2. The summed E-state index contributed by atoms with van der Waals surface area (Å²) >= 11 is 0. The van der Waals surface area contributed by atoms with E-state index in [-0.39, 0.29) is 20.1 Å². The molecular weight excluding hydrogens is 913 g/mol. The van der Waals surface area contributed by atoms with Gasteiger partial charge in [0.25, 0.3) is 0 Å². The molecule has 0 spiro atoms. The van der Waals surface area contributed by atoms with Crippen LogP contribution in [0.2, 0.25) is 0 Å². The van der Waals surface area contributed by atoms with E-state index in [4.69, 9.17) is 13.8 Å². The fraction of sp³-hybridized carbons (Fsp3) is 0.0545. The number of furan rings is 2. The zero-order valence-electron chi connectivity index (χ0n) is 33.3. The van der Waals surface area contributed by atoms with Crippen molar-refractivity contribution in [2.45, 2.75) is 20.8 Å². The van der Waals surface area contributed by atoms with Gasteiger partial charge in [-0.05, 0) is 88.9 Å². The minimum atomic E-state index is 0. The average Bonchev–Trinajstić information content (AvgIpc) is 3.85. The van der Waals surface area contributed by atoms with Crippen LogP contribution in [0.1, 0.15) is 16.7 Å². The third kappa shape index (κ3) is 7.35. The van der Waals surface area contributed by atoms with Crippen molar-refractivity contribution in [3.63, 3.8) is 0 Å². The maximum absolute atomic E-state index is 6.61. The van der Waals surface area contributed by atoms with Crippen molar-refractivity contribution < 1.29 is 28.9 Å². The Morgan fingerprint density at radius 2 is 1.05 bits per heavy atom. The molecule has 0 fully saturated rings. The molecule has 0 N–H and O–H groups in total. The van der Waals surface area contributed by atoms with E-state index >= 15 is 0 Å². The summed E-state index contributed by atoms with van der Waals surface area (Å²) < 4.78 is 13.2. The van der Waals surface area contributed by atoms with Crippen LogP contribution in [0.4, 0.5) is 0 Å². The number of hydrogen-bond donors (Lipinski definition) is 0. The molecule has 4 aromatic heterocycles. The number of rotatable bonds is 5. The molecule has 11 rings (SSSR count). The molecule has 0 unspecified atom stereocenters. The molecule has 0 saturated carbocycles. The summed E-state index contributed by atoms with van der Waals surface area (Å²) in [6.07, 6.45) is 3.79. The number of benzene rings is 7. The molecule has 0 bridgehead atoms. The first kappa shape index (κ1) is 38.6. The second kappa shape index (κ2) is 16.4. The Balaban J connectivity index is 0.000000245. The van der Waals surface area contributed by atoms with E-state index < -0.39 is 0 Å². The van der Waals surface area contributed by atoms with Gasteiger partial charge in [-0.25, -0.2) is 0 Å². The van der Waals surface area contributed by atoms with Crippen molar-refractivity contribution in [2.75, 3.05) is 0 Å². The molecule has 0 amide bonds. The van der Waals surface area contributed by atoms with Crippen LogP contribution in [0.3, 0.4) is 0 Å². The van der Waals surface area contributed by atoms with Crippen molar-refractivity contribution in [1.29, 1.82) is 0 Å². The predicted octanol–water partition coefficient (Wildman–Crippen LogP) is 14.8. The fourth-order valence-electron chi connectivity index (χ4n) is 7.82. The number of aromatic nitrogens is 2. The maximum atomic E-state index is 6.61. The Kier molecular flexibility index (Phi) is 10.5. The predicted molar refractivity (Wildman–Crippen MR) is 242 cm³/mol. The number of fused-ring (bicyclic) bond motifs is 6. The number of hydrogen-bond acceptors (Lipinski definition) is 4. The molecule has 11 aromatic rings. The Morgan fingerprint density at radius 3 is 1.62 bits per heavy atom. The van der Waals surface area contributed by atoms with Crippen LogP contribution in [0.15, 0.2) is 185 Å². The summed E-state index contributed by atoms with van der Waals surface area (Å²) in [6, 6.07) is 62.8. The van der Waals surface area contributed by atoms with Crippen molar-refractivity contribution in [1.82, 2.24) is 9.97 Å². The minimum absolute atomic E-state index is 0. The number of pyridine rings is 2. The number of aryl methyl sites for hydroxylation is 3. The normalized spacial score (nSPS) is 11.1. The third-order valence-electron chi connectivity index (χ3n) is 11.1. The maximum Gasteiger partial charge on any atom is 0.139 e. The van der Waals surface area contributed by atoms with Crippen LogP contribution in [-0.4, -0.2) is 9.97 Å². The molecule has 291 valence electrons. The molecule has 0 aliphatic carbocycles. The van der Waals surface area contributed by atoms with E-state index in [1.54, 1.807) is 0 Å². The first-order valence-corrected chi connectivity index (χ1v) is 19.8. The molecule has 0 aliphatic heterocycles. The van der Waals surface area contributed by atoms with Crippen molar-refractivity contribution in [3.05, 3.63) is 205 Å². The second-order valence-corrected chi connectivity index (χ2v) is 15.0. The molecule has 5 heteroatoms.